The molecule has 1 aliphatic carbocycles. The van der Waals surface area contributed by atoms with E-state index < -0.39 is 0 Å². The fourth-order valence-electron chi connectivity index (χ4n) is 3.72. The van der Waals surface area contributed by atoms with Gasteiger partial charge in [-0.05, 0) is 29.2 Å². The van der Waals surface area contributed by atoms with Crippen LogP contribution in [0.4, 0.5) is 0 Å². The van der Waals surface area contributed by atoms with Gasteiger partial charge in [0.15, 0.2) is 0 Å². The number of hydrogen-bond donors (Lipinski definition) is 0. The first kappa shape index (κ1) is 13.7. The fraction of sp³-hybridized carbons (Fsp3) is 0.300. The molecule has 2 aromatic carbocycles. The molecule has 1 atom stereocenters. The number of benzene rings is 2. The second-order valence-electron chi connectivity index (χ2n) is 6.11. The first-order chi connectivity index (χ1) is 10.8. The van der Waals surface area contributed by atoms with Gasteiger partial charge in [0.1, 0.15) is 0 Å². The fourth-order valence-corrected chi connectivity index (χ4v) is 3.72. The molecule has 2 heteroatoms. The van der Waals surface area contributed by atoms with E-state index in [2.05, 4.69) is 66.4 Å². The third-order valence-corrected chi connectivity index (χ3v) is 4.73. The van der Waals surface area contributed by atoms with Crippen molar-refractivity contribution >= 4 is 6.08 Å². The van der Waals surface area contributed by atoms with Crippen LogP contribution >= 0.6 is 0 Å². The molecule has 22 heavy (non-hydrogen) atoms. The van der Waals surface area contributed by atoms with Gasteiger partial charge in [-0.2, -0.15) is 0 Å². The summed E-state index contributed by atoms with van der Waals surface area (Å²) in [6.45, 7) is 5.99. The molecule has 0 N–H and O–H groups in total. The van der Waals surface area contributed by atoms with Gasteiger partial charge in [-0.1, -0.05) is 60.2 Å². The van der Waals surface area contributed by atoms with E-state index in [0.717, 1.165) is 26.3 Å². The molecule has 112 valence electrons. The van der Waals surface area contributed by atoms with Gasteiger partial charge in [0.05, 0.1) is 19.3 Å². The average Bonchev–Trinajstić information content (AvgIpc) is 2.92. The largest absolute Gasteiger partial charge is 0.379 e. The van der Waals surface area contributed by atoms with Crippen LogP contribution in [0, 0.1) is 0 Å². The SMILES string of the molecule is CC1=Cc2c(-c3ccccc3)cccc2C1N1CCOCC1. The van der Waals surface area contributed by atoms with Crippen molar-refractivity contribution in [2.75, 3.05) is 26.3 Å². The predicted octanol–water partition coefficient (Wildman–Crippen LogP) is 4.14. The Bertz CT molecular complexity index is 699. The lowest BCUT2D eigenvalue weighted by atomic mass is 9.95. The molecule has 2 aromatic rings. The molecule has 4 rings (SSSR count). The van der Waals surface area contributed by atoms with E-state index >= 15 is 0 Å². The Morgan fingerprint density at radius 1 is 0.955 bits per heavy atom. The van der Waals surface area contributed by atoms with Crippen LogP contribution in [-0.2, 0) is 4.74 Å². The van der Waals surface area contributed by atoms with Crippen LogP contribution in [0.2, 0.25) is 0 Å². The van der Waals surface area contributed by atoms with Crippen molar-refractivity contribution in [3.05, 3.63) is 65.2 Å². The number of rotatable bonds is 2. The lowest BCUT2D eigenvalue weighted by Crippen LogP contribution is -2.38. The monoisotopic (exact) mass is 291 g/mol. The summed E-state index contributed by atoms with van der Waals surface area (Å²) >= 11 is 0. The van der Waals surface area contributed by atoms with Crippen molar-refractivity contribution in [2.45, 2.75) is 13.0 Å². The Morgan fingerprint density at radius 2 is 1.73 bits per heavy atom. The zero-order chi connectivity index (χ0) is 14.9. The highest BCUT2D eigenvalue weighted by atomic mass is 16.5. The minimum atomic E-state index is 0.419. The summed E-state index contributed by atoms with van der Waals surface area (Å²) in [5.74, 6) is 0. The molecule has 0 bridgehead atoms. The molecule has 1 saturated heterocycles. The molecule has 1 unspecified atom stereocenters. The maximum absolute atomic E-state index is 5.51. The molecule has 2 nitrogen and oxygen atoms in total. The average molecular weight is 291 g/mol. The highest BCUT2D eigenvalue weighted by Crippen LogP contribution is 2.42. The van der Waals surface area contributed by atoms with Gasteiger partial charge < -0.3 is 4.74 Å². The molecule has 1 fully saturated rings. The minimum Gasteiger partial charge on any atom is -0.379 e. The number of hydrogen-bond acceptors (Lipinski definition) is 2. The first-order valence-electron chi connectivity index (χ1n) is 8.03. The maximum atomic E-state index is 5.51. The molecule has 0 saturated carbocycles. The molecular formula is C20H21NO. The summed E-state index contributed by atoms with van der Waals surface area (Å²) in [6.07, 6.45) is 2.37. The quantitative estimate of drug-likeness (QED) is 0.824. The van der Waals surface area contributed by atoms with Crippen LogP contribution < -0.4 is 0 Å². The first-order valence-corrected chi connectivity index (χ1v) is 8.03. The van der Waals surface area contributed by atoms with Crippen LogP contribution in [-0.4, -0.2) is 31.2 Å². The summed E-state index contributed by atoms with van der Waals surface area (Å²) in [5, 5.41) is 0. The van der Waals surface area contributed by atoms with Crippen LogP contribution in [0.1, 0.15) is 24.1 Å². The highest BCUT2D eigenvalue weighted by Gasteiger charge is 2.30. The van der Waals surface area contributed by atoms with Gasteiger partial charge in [-0.15, -0.1) is 0 Å². The van der Waals surface area contributed by atoms with Crippen molar-refractivity contribution in [3.63, 3.8) is 0 Å². The topological polar surface area (TPSA) is 12.5 Å². The van der Waals surface area contributed by atoms with Crippen molar-refractivity contribution in [2.24, 2.45) is 0 Å². The Labute approximate surface area is 132 Å². The molecule has 1 heterocycles. The van der Waals surface area contributed by atoms with Gasteiger partial charge in [-0.3, -0.25) is 4.90 Å². The van der Waals surface area contributed by atoms with Crippen molar-refractivity contribution in [1.82, 2.24) is 4.90 Å². The minimum absolute atomic E-state index is 0.419. The molecule has 0 spiro atoms. The lowest BCUT2D eigenvalue weighted by Gasteiger charge is -2.34. The zero-order valence-corrected chi connectivity index (χ0v) is 13.0. The van der Waals surface area contributed by atoms with E-state index in [4.69, 9.17) is 4.74 Å². The maximum Gasteiger partial charge on any atom is 0.0594 e. The molecular weight excluding hydrogens is 270 g/mol. The third-order valence-electron chi connectivity index (χ3n) is 4.73. The van der Waals surface area contributed by atoms with E-state index in [1.165, 1.54) is 27.8 Å². The molecule has 2 aliphatic rings. The van der Waals surface area contributed by atoms with E-state index in [0.29, 0.717) is 6.04 Å². The van der Waals surface area contributed by atoms with Gasteiger partial charge in [0.25, 0.3) is 0 Å². The number of morpholine rings is 1. The van der Waals surface area contributed by atoms with Gasteiger partial charge in [0, 0.05) is 13.1 Å². The summed E-state index contributed by atoms with van der Waals surface area (Å²) in [6, 6.07) is 17.8. The van der Waals surface area contributed by atoms with E-state index in [1.807, 2.05) is 0 Å². The van der Waals surface area contributed by atoms with Crippen molar-refractivity contribution in [3.8, 4) is 11.1 Å². The Balaban J connectivity index is 1.77. The van der Waals surface area contributed by atoms with Gasteiger partial charge in [0.2, 0.25) is 0 Å². The normalized spacial score (nSPS) is 21.5. The predicted molar refractivity (Wildman–Crippen MR) is 90.7 cm³/mol. The van der Waals surface area contributed by atoms with Crippen LogP contribution in [0.3, 0.4) is 0 Å². The van der Waals surface area contributed by atoms with E-state index in [-0.39, 0.29) is 0 Å². The lowest BCUT2D eigenvalue weighted by molar-refractivity contribution is 0.0239. The van der Waals surface area contributed by atoms with Crippen molar-refractivity contribution in [1.29, 1.82) is 0 Å². The smallest absolute Gasteiger partial charge is 0.0594 e. The zero-order valence-electron chi connectivity index (χ0n) is 13.0. The molecule has 0 radical (unpaired) electrons. The van der Waals surface area contributed by atoms with Gasteiger partial charge >= 0.3 is 0 Å². The molecule has 0 amide bonds. The number of nitrogens with zero attached hydrogens (tertiary/aromatic N) is 1. The summed E-state index contributed by atoms with van der Waals surface area (Å²) < 4.78 is 5.51. The number of ether oxygens (including phenoxy) is 1. The third kappa shape index (κ3) is 2.29. The van der Waals surface area contributed by atoms with Crippen molar-refractivity contribution < 1.29 is 4.74 Å². The Morgan fingerprint density at radius 3 is 2.50 bits per heavy atom. The number of fused-ring (bicyclic) bond motifs is 1. The second-order valence-corrected chi connectivity index (χ2v) is 6.11. The van der Waals surface area contributed by atoms with Crippen LogP contribution in [0.5, 0.6) is 0 Å². The standard InChI is InChI=1S/C20H21NO/c1-15-14-19-17(16-6-3-2-4-7-16)8-5-9-18(19)20(15)21-10-12-22-13-11-21/h2-9,14,20H,10-13H2,1H3. The van der Waals surface area contributed by atoms with Gasteiger partial charge in [-0.25, -0.2) is 0 Å². The summed E-state index contributed by atoms with van der Waals surface area (Å²) in [4.78, 5) is 2.55. The van der Waals surface area contributed by atoms with Crippen LogP contribution in [0.15, 0.2) is 54.1 Å². The molecule has 1 aliphatic heterocycles. The van der Waals surface area contributed by atoms with E-state index in [9.17, 15) is 0 Å². The Kier molecular flexibility index (Phi) is 3.57. The van der Waals surface area contributed by atoms with Crippen LogP contribution in [0.25, 0.3) is 17.2 Å². The summed E-state index contributed by atoms with van der Waals surface area (Å²) in [5.41, 5.74) is 6.92. The molecule has 0 aromatic heterocycles. The Hall–Kier alpha value is -1.90. The van der Waals surface area contributed by atoms with E-state index in [1.54, 1.807) is 0 Å². The summed E-state index contributed by atoms with van der Waals surface area (Å²) in [7, 11) is 0. The second kappa shape index (κ2) is 5.71. The highest BCUT2D eigenvalue weighted by molar-refractivity contribution is 5.81.